The normalized spacial score (nSPS) is 29.0. The summed E-state index contributed by atoms with van der Waals surface area (Å²) in [6.07, 6.45) is 11.9. The van der Waals surface area contributed by atoms with E-state index in [1.807, 2.05) is 0 Å². The minimum Gasteiger partial charge on any atom is -0.400 e. The minimum absolute atomic E-state index is 0.739. The molecule has 21 heavy (non-hydrogen) atoms. The molecule has 1 aliphatic heterocycles. The maximum Gasteiger partial charge on any atom is 0.0319 e. The molecule has 126 valence electrons. The Labute approximate surface area is 132 Å². The van der Waals surface area contributed by atoms with Gasteiger partial charge in [-0.1, -0.05) is 44.9 Å². The molecule has 2 aliphatic rings. The van der Waals surface area contributed by atoms with Crippen molar-refractivity contribution in [2.24, 2.45) is 5.92 Å². The Morgan fingerprint density at radius 1 is 0.905 bits per heavy atom. The van der Waals surface area contributed by atoms with Crippen molar-refractivity contribution in [2.45, 2.75) is 77.3 Å². The maximum absolute atomic E-state index is 7.00. The van der Waals surface area contributed by atoms with Gasteiger partial charge in [0.05, 0.1) is 0 Å². The third-order valence-corrected chi connectivity index (χ3v) is 5.29. The van der Waals surface area contributed by atoms with E-state index < -0.39 is 0 Å². The lowest BCUT2D eigenvalue weighted by molar-refractivity contribution is 0.0506. The fourth-order valence-corrected chi connectivity index (χ4v) is 4.26. The van der Waals surface area contributed by atoms with Gasteiger partial charge < -0.3 is 10.0 Å². The Morgan fingerprint density at radius 2 is 1.48 bits per heavy atom. The molecule has 0 aromatic rings. The smallest absolute Gasteiger partial charge is 0.0319 e. The average Bonchev–Trinajstić information content (AvgIpc) is 2.48. The number of aliphatic hydroxyl groups is 1. The molecule has 2 rings (SSSR count). The van der Waals surface area contributed by atoms with E-state index in [0.29, 0.717) is 0 Å². The van der Waals surface area contributed by atoms with E-state index >= 15 is 0 Å². The van der Waals surface area contributed by atoms with Crippen LogP contribution >= 0.6 is 0 Å². The Bertz CT molecular complexity index is 242. The number of hydrogen-bond donors (Lipinski definition) is 1. The van der Waals surface area contributed by atoms with Crippen LogP contribution in [0.1, 0.15) is 65.2 Å². The predicted octanol–water partition coefficient (Wildman–Crippen LogP) is 3.37. The van der Waals surface area contributed by atoms with Crippen LogP contribution in [0, 0.1) is 5.92 Å². The summed E-state index contributed by atoms with van der Waals surface area (Å²) in [6, 6.07) is 1.48. The van der Waals surface area contributed by atoms with Gasteiger partial charge in [-0.2, -0.15) is 0 Å². The van der Waals surface area contributed by atoms with E-state index in [1.54, 1.807) is 0 Å². The van der Waals surface area contributed by atoms with Gasteiger partial charge in [-0.15, -0.1) is 0 Å². The summed E-state index contributed by atoms with van der Waals surface area (Å²) in [7, 11) is 3.26. The first kappa shape index (κ1) is 18.9. The van der Waals surface area contributed by atoms with E-state index in [-0.39, 0.29) is 0 Å². The van der Waals surface area contributed by atoms with E-state index in [2.05, 4.69) is 30.7 Å². The summed E-state index contributed by atoms with van der Waals surface area (Å²) in [4.78, 5) is 5.22. The van der Waals surface area contributed by atoms with Crippen LogP contribution in [0.5, 0.6) is 0 Å². The molecular weight excluding hydrogens is 260 g/mol. The molecule has 2 fully saturated rings. The van der Waals surface area contributed by atoms with Crippen molar-refractivity contribution in [3.8, 4) is 0 Å². The Balaban J connectivity index is 0.00000106. The second kappa shape index (κ2) is 10.6. The van der Waals surface area contributed by atoms with Crippen molar-refractivity contribution in [1.29, 1.82) is 0 Å². The van der Waals surface area contributed by atoms with Gasteiger partial charge in [-0.25, -0.2) is 0 Å². The number of hydrogen-bond acceptors (Lipinski definition) is 3. The second-order valence-corrected chi connectivity index (χ2v) is 7.16. The van der Waals surface area contributed by atoms with Gasteiger partial charge in [0.15, 0.2) is 0 Å². The number of aliphatic hydroxyl groups excluding tert-OH is 1. The van der Waals surface area contributed by atoms with Crippen LogP contribution < -0.4 is 0 Å². The maximum atomic E-state index is 7.00. The van der Waals surface area contributed by atoms with E-state index in [0.717, 1.165) is 25.1 Å². The predicted molar refractivity (Wildman–Crippen MR) is 91.7 cm³/mol. The molecule has 1 heterocycles. The molecule has 1 saturated heterocycles. The fourth-order valence-electron chi connectivity index (χ4n) is 4.26. The SMILES string of the molecule is CO.C[C@@H]1CN(C)C[C@H](C)N1CCCCC1CCCCC1. The number of rotatable bonds is 5. The van der Waals surface area contributed by atoms with Gasteiger partial charge in [0.2, 0.25) is 0 Å². The molecule has 1 aliphatic carbocycles. The summed E-state index contributed by atoms with van der Waals surface area (Å²) >= 11 is 0. The third-order valence-electron chi connectivity index (χ3n) is 5.29. The second-order valence-electron chi connectivity index (χ2n) is 7.16. The minimum atomic E-state index is 0.739. The van der Waals surface area contributed by atoms with Crippen LogP contribution in [-0.2, 0) is 0 Å². The summed E-state index contributed by atoms with van der Waals surface area (Å²) in [6.45, 7) is 8.60. The van der Waals surface area contributed by atoms with Crippen LogP contribution in [0.15, 0.2) is 0 Å². The molecule has 0 bridgehead atoms. The quantitative estimate of drug-likeness (QED) is 0.788. The van der Waals surface area contributed by atoms with Gasteiger partial charge in [-0.05, 0) is 39.8 Å². The first-order chi connectivity index (χ1) is 10.2. The number of piperazine rings is 1. The summed E-state index contributed by atoms with van der Waals surface area (Å²) < 4.78 is 0. The number of likely N-dealkylation sites (N-methyl/N-ethyl adjacent to an activating group) is 1. The standard InChI is InChI=1S/C17H34N2.CH4O/c1-15-13-18(3)14-16(2)19(15)12-8-7-11-17-9-5-4-6-10-17;1-2/h15-17H,4-14H2,1-3H3;2H,1H3/t15-,16+;. The molecular formula is C18H38N2O. The summed E-state index contributed by atoms with van der Waals surface area (Å²) in [5.74, 6) is 1.07. The lowest BCUT2D eigenvalue weighted by atomic mass is 9.86. The highest BCUT2D eigenvalue weighted by molar-refractivity contribution is 4.83. The van der Waals surface area contributed by atoms with Gasteiger partial charge in [-0.3, -0.25) is 4.90 Å². The third kappa shape index (κ3) is 6.66. The molecule has 0 unspecified atom stereocenters. The van der Waals surface area contributed by atoms with Gasteiger partial charge >= 0.3 is 0 Å². The molecule has 3 nitrogen and oxygen atoms in total. The Kier molecular flexibility index (Phi) is 9.54. The lowest BCUT2D eigenvalue weighted by Crippen LogP contribution is -2.55. The molecule has 1 saturated carbocycles. The highest BCUT2D eigenvalue weighted by atomic mass is 16.2. The molecule has 1 N–H and O–H groups in total. The van der Waals surface area contributed by atoms with Crippen molar-refractivity contribution in [3.05, 3.63) is 0 Å². The first-order valence-electron chi connectivity index (χ1n) is 9.06. The number of nitrogens with zero attached hydrogens (tertiary/aromatic N) is 2. The average molecular weight is 299 g/mol. The lowest BCUT2D eigenvalue weighted by Gasteiger charge is -2.43. The van der Waals surface area contributed by atoms with Crippen LogP contribution in [0.4, 0.5) is 0 Å². The van der Waals surface area contributed by atoms with E-state index in [9.17, 15) is 0 Å². The molecule has 3 heteroatoms. The molecule has 0 aromatic carbocycles. The number of unbranched alkanes of at least 4 members (excludes halogenated alkanes) is 1. The van der Waals surface area contributed by atoms with E-state index in [4.69, 9.17) is 5.11 Å². The van der Waals surface area contributed by atoms with Gasteiger partial charge in [0.25, 0.3) is 0 Å². The monoisotopic (exact) mass is 298 g/mol. The van der Waals surface area contributed by atoms with Crippen molar-refractivity contribution in [1.82, 2.24) is 9.80 Å². The Morgan fingerprint density at radius 3 is 2.05 bits per heavy atom. The highest BCUT2D eigenvalue weighted by Crippen LogP contribution is 2.28. The van der Waals surface area contributed by atoms with Crippen molar-refractivity contribution >= 4 is 0 Å². The molecule has 2 atom stereocenters. The van der Waals surface area contributed by atoms with Crippen LogP contribution in [-0.4, -0.2) is 60.8 Å². The zero-order valence-corrected chi connectivity index (χ0v) is 14.9. The van der Waals surface area contributed by atoms with Crippen LogP contribution in [0.3, 0.4) is 0 Å². The zero-order valence-electron chi connectivity index (χ0n) is 14.9. The topological polar surface area (TPSA) is 26.7 Å². The van der Waals surface area contributed by atoms with Crippen molar-refractivity contribution < 1.29 is 5.11 Å². The van der Waals surface area contributed by atoms with Crippen LogP contribution in [0.25, 0.3) is 0 Å². The zero-order chi connectivity index (χ0) is 15.7. The largest absolute Gasteiger partial charge is 0.400 e. The van der Waals surface area contributed by atoms with Gasteiger partial charge in [0, 0.05) is 32.3 Å². The highest BCUT2D eigenvalue weighted by Gasteiger charge is 2.26. The van der Waals surface area contributed by atoms with Crippen molar-refractivity contribution in [3.63, 3.8) is 0 Å². The molecule has 0 radical (unpaired) electrons. The van der Waals surface area contributed by atoms with E-state index in [1.165, 1.54) is 71.0 Å². The summed E-state index contributed by atoms with van der Waals surface area (Å²) in [5.41, 5.74) is 0. The molecule has 0 amide bonds. The van der Waals surface area contributed by atoms with Crippen molar-refractivity contribution in [2.75, 3.05) is 33.8 Å². The summed E-state index contributed by atoms with van der Waals surface area (Å²) in [5, 5.41) is 7.00. The molecule has 0 aromatic heterocycles. The van der Waals surface area contributed by atoms with Gasteiger partial charge in [0.1, 0.15) is 0 Å². The Hall–Kier alpha value is -0.120. The first-order valence-corrected chi connectivity index (χ1v) is 9.06. The molecule has 0 spiro atoms. The van der Waals surface area contributed by atoms with Crippen LogP contribution in [0.2, 0.25) is 0 Å². The fraction of sp³-hybridized carbons (Fsp3) is 1.00.